The summed E-state index contributed by atoms with van der Waals surface area (Å²) >= 11 is 8.96. The highest BCUT2D eigenvalue weighted by atomic mass is 35.5. The Labute approximate surface area is 201 Å². The largest absolute Gasteiger partial charge is 0.293 e. The Kier molecular flexibility index (Phi) is 6.01. The third-order valence-corrected chi connectivity index (χ3v) is 7.73. The Morgan fingerprint density at radius 2 is 1.76 bits per heavy atom. The molecule has 0 aliphatic rings. The van der Waals surface area contributed by atoms with Crippen molar-refractivity contribution >= 4 is 60.8 Å². The van der Waals surface area contributed by atoms with E-state index < -0.39 is 5.82 Å². The van der Waals surface area contributed by atoms with Gasteiger partial charge >= 0.3 is 0 Å². The maximum Gasteiger partial charge on any atom is 0.272 e. The van der Waals surface area contributed by atoms with E-state index in [0.29, 0.717) is 26.0 Å². The Hall–Kier alpha value is -3.00. The fraction of sp³-hybridized carbons (Fsp3) is 0.0800. The predicted molar refractivity (Wildman–Crippen MR) is 133 cm³/mol. The molecule has 0 atom stereocenters. The van der Waals surface area contributed by atoms with E-state index >= 15 is 0 Å². The minimum atomic E-state index is -0.399. The summed E-state index contributed by atoms with van der Waals surface area (Å²) in [6, 6.07) is 20.5. The Morgan fingerprint density at radius 3 is 2.55 bits per heavy atom. The molecule has 4 nitrogen and oxygen atoms in total. The zero-order valence-electron chi connectivity index (χ0n) is 17.1. The molecule has 2 heterocycles. The minimum Gasteiger partial charge on any atom is -0.293 e. The van der Waals surface area contributed by atoms with Crippen LogP contribution < -0.4 is 5.56 Å². The number of rotatable bonds is 6. The average molecular weight is 495 g/mol. The second-order valence-corrected chi connectivity index (χ2v) is 9.77. The molecule has 0 bridgehead atoms. The van der Waals surface area contributed by atoms with Crippen LogP contribution in [0.4, 0.5) is 4.39 Å². The molecule has 0 amide bonds. The Balaban J connectivity index is 1.59. The van der Waals surface area contributed by atoms with Crippen LogP contribution in [0, 0.1) is 5.82 Å². The van der Waals surface area contributed by atoms with Gasteiger partial charge in [-0.3, -0.25) is 14.2 Å². The predicted octanol–water partition coefficient (Wildman–Crippen LogP) is 6.43. The number of thioether (sulfide) groups is 1. The third kappa shape index (κ3) is 4.31. The molecular formula is C25H16ClFN2O2S2. The number of fused-ring (bicyclic) bond motifs is 3. The first-order chi connectivity index (χ1) is 16.0. The van der Waals surface area contributed by atoms with E-state index in [-0.39, 0.29) is 23.6 Å². The number of hydrogen-bond acceptors (Lipinski definition) is 5. The van der Waals surface area contributed by atoms with Crippen molar-refractivity contribution in [2.75, 3.05) is 5.75 Å². The summed E-state index contributed by atoms with van der Waals surface area (Å²) in [5, 5.41) is 1.90. The molecule has 0 aliphatic heterocycles. The number of halogens is 2. The molecule has 3 aromatic carbocycles. The van der Waals surface area contributed by atoms with Crippen LogP contribution in [0.25, 0.3) is 20.3 Å². The molecule has 0 radical (unpaired) electrons. The standard InChI is InChI=1S/C25H16ClFN2O2S2/c26-19-7-3-1-5-16(19)13-29-24(31)23-22(18-6-2-4-8-21(18)33-23)28-25(29)32-14-20(30)15-9-11-17(27)12-10-15/h1-12H,13-14H2. The third-order valence-electron chi connectivity index (χ3n) is 5.23. The fourth-order valence-corrected chi connectivity index (χ4v) is 5.72. The lowest BCUT2D eigenvalue weighted by molar-refractivity contribution is 0.102. The van der Waals surface area contributed by atoms with Gasteiger partial charge < -0.3 is 0 Å². The van der Waals surface area contributed by atoms with Gasteiger partial charge in [0.1, 0.15) is 10.5 Å². The normalized spacial score (nSPS) is 11.3. The highest BCUT2D eigenvalue weighted by Crippen LogP contribution is 2.32. The van der Waals surface area contributed by atoms with Gasteiger partial charge in [-0.2, -0.15) is 0 Å². The van der Waals surface area contributed by atoms with E-state index in [1.807, 2.05) is 42.5 Å². The lowest BCUT2D eigenvalue weighted by atomic mass is 10.1. The van der Waals surface area contributed by atoms with Crippen LogP contribution in [0.5, 0.6) is 0 Å². The average Bonchev–Trinajstić information content (AvgIpc) is 3.20. The van der Waals surface area contributed by atoms with Crippen molar-refractivity contribution in [1.29, 1.82) is 0 Å². The molecular weight excluding hydrogens is 479 g/mol. The first-order valence-corrected chi connectivity index (χ1v) is 12.3. The Morgan fingerprint density at radius 1 is 1.03 bits per heavy atom. The van der Waals surface area contributed by atoms with E-state index in [2.05, 4.69) is 0 Å². The summed E-state index contributed by atoms with van der Waals surface area (Å²) < 4.78 is 16.3. The maximum atomic E-state index is 13.5. The monoisotopic (exact) mass is 494 g/mol. The summed E-state index contributed by atoms with van der Waals surface area (Å²) in [5.74, 6) is -0.508. The SMILES string of the molecule is O=C(CSc1nc2c(sc3ccccc32)c(=O)n1Cc1ccccc1Cl)c1ccc(F)cc1. The van der Waals surface area contributed by atoms with Crippen molar-refractivity contribution < 1.29 is 9.18 Å². The van der Waals surface area contributed by atoms with Crippen LogP contribution in [0.3, 0.4) is 0 Å². The Bertz CT molecular complexity index is 1560. The first kappa shape index (κ1) is 21.8. The van der Waals surface area contributed by atoms with Crippen molar-refractivity contribution in [3.05, 3.63) is 105 Å². The van der Waals surface area contributed by atoms with Crippen molar-refractivity contribution in [2.45, 2.75) is 11.7 Å². The first-order valence-electron chi connectivity index (χ1n) is 10.1. The molecule has 0 spiro atoms. The number of thiophene rings is 1. The summed E-state index contributed by atoms with van der Waals surface area (Å²) in [6.07, 6.45) is 0. The number of carbonyl (C=O) groups excluding carboxylic acids is 1. The van der Waals surface area contributed by atoms with E-state index in [1.165, 1.54) is 47.4 Å². The highest BCUT2D eigenvalue weighted by molar-refractivity contribution is 7.99. The molecule has 0 fully saturated rings. The van der Waals surface area contributed by atoms with E-state index in [1.54, 1.807) is 10.6 Å². The lowest BCUT2D eigenvalue weighted by Gasteiger charge is -2.13. The van der Waals surface area contributed by atoms with Gasteiger partial charge in [0.15, 0.2) is 10.9 Å². The van der Waals surface area contributed by atoms with Crippen LogP contribution in [0.2, 0.25) is 5.02 Å². The van der Waals surface area contributed by atoms with Gasteiger partial charge in [0.05, 0.1) is 17.8 Å². The van der Waals surface area contributed by atoms with Gasteiger partial charge in [0.2, 0.25) is 0 Å². The van der Waals surface area contributed by atoms with Gasteiger partial charge in [-0.1, -0.05) is 59.8 Å². The molecule has 0 saturated carbocycles. The smallest absolute Gasteiger partial charge is 0.272 e. The second kappa shape index (κ2) is 9.09. The van der Waals surface area contributed by atoms with Gasteiger partial charge in [-0.15, -0.1) is 11.3 Å². The van der Waals surface area contributed by atoms with Gasteiger partial charge in [-0.05, 0) is 42.0 Å². The van der Waals surface area contributed by atoms with Gasteiger partial charge in [0.25, 0.3) is 5.56 Å². The topological polar surface area (TPSA) is 52.0 Å². The molecule has 0 unspecified atom stereocenters. The van der Waals surface area contributed by atoms with E-state index in [0.717, 1.165) is 15.6 Å². The van der Waals surface area contributed by atoms with Crippen LogP contribution in [0.15, 0.2) is 82.7 Å². The molecule has 5 aromatic rings. The molecule has 0 aliphatic carbocycles. The number of carbonyl (C=O) groups is 1. The molecule has 2 aromatic heterocycles. The van der Waals surface area contributed by atoms with Crippen LogP contribution in [-0.4, -0.2) is 21.1 Å². The van der Waals surface area contributed by atoms with Crippen molar-refractivity contribution in [3.63, 3.8) is 0 Å². The number of Topliss-reactive ketones (excluding diaryl/α,β-unsaturated/α-hetero) is 1. The second-order valence-electron chi connectivity index (χ2n) is 7.37. The molecule has 164 valence electrons. The van der Waals surface area contributed by atoms with Gasteiger partial charge in [-0.25, -0.2) is 9.37 Å². The number of benzene rings is 3. The highest BCUT2D eigenvalue weighted by Gasteiger charge is 2.18. The zero-order chi connectivity index (χ0) is 22.9. The van der Waals surface area contributed by atoms with E-state index in [4.69, 9.17) is 16.6 Å². The summed E-state index contributed by atoms with van der Waals surface area (Å²) in [6.45, 7) is 0.239. The maximum absolute atomic E-state index is 13.5. The number of ketones is 1. The zero-order valence-corrected chi connectivity index (χ0v) is 19.5. The summed E-state index contributed by atoms with van der Waals surface area (Å²) in [5.41, 5.74) is 1.66. The van der Waals surface area contributed by atoms with Gasteiger partial charge in [0, 0.05) is 20.7 Å². The number of nitrogens with zero attached hydrogens (tertiary/aromatic N) is 2. The quantitative estimate of drug-likeness (QED) is 0.155. The summed E-state index contributed by atoms with van der Waals surface area (Å²) in [4.78, 5) is 31.0. The van der Waals surface area contributed by atoms with Crippen molar-refractivity contribution in [3.8, 4) is 0 Å². The van der Waals surface area contributed by atoms with Crippen molar-refractivity contribution in [1.82, 2.24) is 9.55 Å². The molecule has 0 N–H and O–H groups in total. The number of hydrogen-bond donors (Lipinski definition) is 0. The molecule has 8 heteroatoms. The van der Waals surface area contributed by atoms with Crippen LogP contribution in [-0.2, 0) is 6.54 Å². The van der Waals surface area contributed by atoms with Crippen LogP contribution in [0.1, 0.15) is 15.9 Å². The van der Waals surface area contributed by atoms with E-state index in [9.17, 15) is 14.0 Å². The number of aromatic nitrogens is 2. The summed E-state index contributed by atoms with van der Waals surface area (Å²) in [7, 11) is 0. The van der Waals surface area contributed by atoms with Crippen molar-refractivity contribution in [2.24, 2.45) is 0 Å². The molecule has 33 heavy (non-hydrogen) atoms. The molecule has 5 rings (SSSR count). The fourth-order valence-electron chi connectivity index (χ4n) is 3.55. The molecule has 0 saturated heterocycles. The van der Waals surface area contributed by atoms with Crippen LogP contribution >= 0.6 is 34.7 Å². The lowest BCUT2D eigenvalue weighted by Crippen LogP contribution is -2.23. The minimum absolute atomic E-state index is 0.0637.